The van der Waals surface area contributed by atoms with Gasteiger partial charge in [-0.15, -0.1) is 0 Å². The van der Waals surface area contributed by atoms with E-state index in [0.717, 1.165) is 0 Å². The zero-order chi connectivity index (χ0) is 13.1. The molecule has 0 bridgehead atoms. The van der Waals surface area contributed by atoms with E-state index < -0.39 is 0 Å². The molecule has 5 nitrogen and oxygen atoms in total. The lowest BCUT2D eigenvalue weighted by Crippen LogP contribution is -2.12. The Morgan fingerprint density at radius 2 is 1.50 bits per heavy atom. The fourth-order valence-corrected chi connectivity index (χ4v) is 1.25. The lowest BCUT2D eigenvalue weighted by molar-refractivity contribution is 0.0178. The van der Waals surface area contributed by atoms with Gasteiger partial charge in [-0.1, -0.05) is 12.1 Å². The molecule has 0 amide bonds. The molecule has 0 radical (unpaired) electrons. The monoisotopic (exact) mass is 256 g/mol. The number of phenolic OH excluding ortho intramolecular Hbond substituents is 1. The molecule has 1 N–H and O–H groups in total. The molecule has 1 aromatic rings. The molecule has 0 atom stereocenters. The van der Waals surface area contributed by atoms with Crippen LogP contribution in [0.3, 0.4) is 0 Å². The van der Waals surface area contributed by atoms with Crippen LogP contribution in [0, 0.1) is 0 Å². The Morgan fingerprint density at radius 3 is 2.17 bits per heavy atom. The van der Waals surface area contributed by atoms with Crippen molar-refractivity contribution in [2.75, 3.05) is 46.8 Å². The molecule has 0 unspecified atom stereocenters. The van der Waals surface area contributed by atoms with Crippen molar-refractivity contribution in [3.63, 3.8) is 0 Å². The van der Waals surface area contributed by atoms with Gasteiger partial charge in [-0.05, 0) is 12.1 Å². The number of hydrogen-bond acceptors (Lipinski definition) is 5. The van der Waals surface area contributed by atoms with Crippen LogP contribution in [-0.4, -0.2) is 51.9 Å². The minimum atomic E-state index is 0.139. The lowest BCUT2D eigenvalue weighted by Gasteiger charge is -2.08. The maximum Gasteiger partial charge on any atom is 0.161 e. The molecule has 0 heterocycles. The molecule has 102 valence electrons. The Bertz CT molecular complexity index is 316. The normalized spacial score (nSPS) is 10.5. The highest BCUT2D eigenvalue weighted by molar-refractivity contribution is 5.37. The Morgan fingerprint density at radius 1 is 0.889 bits per heavy atom. The highest BCUT2D eigenvalue weighted by Crippen LogP contribution is 2.23. The summed E-state index contributed by atoms with van der Waals surface area (Å²) < 4.78 is 20.7. The maximum atomic E-state index is 9.44. The third-order valence-corrected chi connectivity index (χ3v) is 2.15. The van der Waals surface area contributed by atoms with Gasteiger partial charge in [0.1, 0.15) is 6.61 Å². The molecule has 0 aliphatic rings. The zero-order valence-corrected chi connectivity index (χ0v) is 10.6. The fourth-order valence-electron chi connectivity index (χ4n) is 1.25. The van der Waals surface area contributed by atoms with Crippen molar-refractivity contribution in [1.29, 1.82) is 0 Å². The van der Waals surface area contributed by atoms with Crippen LogP contribution < -0.4 is 4.74 Å². The van der Waals surface area contributed by atoms with Gasteiger partial charge in [-0.3, -0.25) is 0 Å². The SMILES string of the molecule is COCCOCCOCCOc1ccccc1O. The van der Waals surface area contributed by atoms with Gasteiger partial charge in [0.2, 0.25) is 0 Å². The summed E-state index contributed by atoms with van der Waals surface area (Å²) in [5.74, 6) is 0.609. The number of phenols is 1. The van der Waals surface area contributed by atoms with Gasteiger partial charge >= 0.3 is 0 Å². The number of hydrogen-bond donors (Lipinski definition) is 1. The minimum absolute atomic E-state index is 0.139. The van der Waals surface area contributed by atoms with Crippen molar-refractivity contribution < 1.29 is 24.1 Å². The number of methoxy groups -OCH3 is 1. The molecular weight excluding hydrogens is 236 g/mol. The first kappa shape index (κ1) is 14.8. The van der Waals surface area contributed by atoms with Crippen LogP contribution in [0.5, 0.6) is 11.5 Å². The Balaban J connectivity index is 1.94. The van der Waals surface area contributed by atoms with E-state index in [1.807, 2.05) is 0 Å². The third-order valence-electron chi connectivity index (χ3n) is 2.15. The van der Waals surface area contributed by atoms with E-state index in [1.165, 1.54) is 0 Å². The first-order chi connectivity index (χ1) is 8.84. The molecule has 1 rings (SSSR count). The summed E-state index contributed by atoms with van der Waals surface area (Å²) in [4.78, 5) is 0. The second kappa shape index (κ2) is 9.70. The zero-order valence-electron chi connectivity index (χ0n) is 10.6. The molecule has 0 aliphatic heterocycles. The molecule has 5 heteroatoms. The van der Waals surface area contributed by atoms with Gasteiger partial charge in [0.05, 0.1) is 33.0 Å². The van der Waals surface area contributed by atoms with Gasteiger partial charge < -0.3 is 24.1 Å². The van der Waals surface area contributed by atoms with E-state index in [-0.39, 0.29) is 5.75 Å². The Hall–Kier alpha value is -1.30. The number of benzene rings is 1. The first-order valence-corrected chi connectivity index (χ1v) is 5.90. The van der Waals surface area contributed by atoms with Crippen LogP contribution in [-0.2, 0) is 14.2 Å². The Kier molecular flexibility index (Phi) is 7.96. The summed E-state index contributed by atoms with van der Waals surface area (Å²) >= 11 is 0. The average molecular weight is 256 g/mol. The van der Waals surface area contributed by atoms with E-state index in [2.05, 4.69) is 0 Å². The van der Waals surface area contributed by atoms with Crippen molar-refractivity contribution in [2.45, 2.75) is 0 Å². The molecule has 0 aromatic heterocycles. The first-order valence-electron chi connectivity index (χ1n) is 5.90. The highest BCUT2D eigenvalue weighted by atomic mass is 16.6. The fraction of sp³-hybridized carbons (Fsp3) is 0.538. The molecule has 1 aromatic carbocycles. The number of ether oxygens (including phenoxy) is 4. The molecular formula is C13H20O5. The van der Waals surface area contributed by atoms with Crippen LogP contribution in [0.25, 0.3) is 0 Å². The maximum absolute atomic E-state index is 9.44. The summed E-state index contributed by atoms with van der Waals surface area (Å²) in [5, 5.41) is 9.44. The minimum Gasteiger partial charge on any atom is -0.504 e. The van der Waals surface area contributed by atoms with E-state index in [9.17, 15) is 5.11 Å². The van der Waals surface area contributed by atoms with E-state index in [4.69, 9.17) is 18.9 Å². The van der Waals surface area contributed by atoms with Gasteiger partial charge in [0, 0.05) is 7.11 Å². The van der Waals surface area contributed by atoms with Crippen molar-refractivity contribution in [1.82, 2.24) is 0 Å². The van der Waals surface area contributed by atoms with Crippen molar-refractivity contribution in [2.24, 2.45) is 0 Å². The Labute approximate surface area is 107 Å². The predicted molar refractivity (Wildman–Crippen MR) is 67.1 cm³/mol. The van der Waals surface area contributed by atoms with Crippen LogP contribution >= 0.6 is 0 Å². The van der Waals surface area contributed by atoms with E-state index in [0.29, 0.717) is 45.4 Å². The largest absolute Gasteiger partial charge is 0.504 e. The third kappa shape index (κ3) is 6.44. The van der Waals surface area contributed by atoms with Crippen molar-refractivity contribution >= 4 is 0 Å². The van der Waals surface area contributed by atoms with Crippen LogP contribution in [0.15, 0.2) is 24.3 Å². The van der Waals surface area contributed by atoms with Gasteiger partial charge in [0.25, 0.3) is 0 Å². The number of rotatable bonds is 10. The van der Waals surface area contributed by atoms with Crippen LogP contribution in [0.2, 0.25) is 0 Å². The van der Waals surface area contributed by atoms with Gasteiger partial charge in [-0.25, -0.2) is 0 Å². The summed E-state index contributed by atoms with van der Waals surface area (Å²) in [6.45, 7) is 3.09. The molecule has 0 fully saturated rings. The summed E-state index contributed by atoms with van der Waals surface area (Å²) in [7, 11) is 1.64. The van der Waals surface area contributed by atoms with Gasteiger partial charge in [-0.2, -0.15) is 0 Å². The average Bonchev–Trinajstić information content (AvgIpc) is 2.39. The second-order valence-corrected chi connectivity index (χ2v) is 3.53. The molecule has 18 heavy (non-hydrogen) atoms. The van der Waals surface area contributed by atoms with E-state index in [1.54, 1.807) is 31.4 Å². The molecule has 0 saturated carbocycles. The smallest absolute Gasteiger partial charge is 0.161 e. The van der Waals surface area contributed by atoms with Crippen molar-refractivity contribution in [3.05, 3.63) is 24.3 Å². The molecule has 0 saturated heterocycles. The van der Waals surface area contributed by atoms with Crippen molar-refractivity contribution in [3.8, 4) is 11.5 Å². The predicted octanol–water partition coefficient (Wildman–Crippen LogP) is 1.45. The number of aromatic hydroxyl groups is 1. The standard InChI is InChI=1S/C13H20O5/c1-15-6-7-16-8-9-17-10-11-18-13-5-3-2-4-12(13)14/h2-5,14H,6-11H2,1H3. The summed E-state index contributed by atoms with van der Waals surface area (Å²) in [5.41, 5.74) is 0. The topological polar surface area (TPSA) is 57.2 Å². The summed E-state index contributed by atoms with van der Waals surface area (Å²) in [6, 6.07) is 6.85. The summed E-state index contributed by atoms with van der Waals surface area (Å²) in [6.07, 6.45) is 0. The van der Waals surface area contributed by atoms with Gasteiger partial charge in [0.15, 0.2) is 11.5 Å². The number of para-hydroxylation sites is 2. The quantitative estimate of drug-likeness (QED) is 0.642. The van der Waals surface area contributed by atoms with Crippen LogP contribution in [0.1, 0.15) is 0 Å². The second-order valence-electron chi connectivity index (χ2n) is 3.53. The molecule has 0 aliphatic carbocycles. The lowest BCUT2D eigenvalue weighted by atomic mass is 10.3. The van der Waals surface area contributed by atoms with E-state index >= 15 is 0 Å². The van der Waals surface area contributed by atoms with Crippen LogP contribution in [0.4, 0.5) is 0 Å². The highest BCUT2D eigenvalue weighted by Gasteiger charge is 1.99. The molecule has 0 spiro atoms.